The van der Waals surface area contributed by atoms with E-state index < -0.39 is 30.1 Å². The smallest absolute Gasteiger partial charge is 0.338 e. The second-order valence-corrected chi connectivity index (χ2v) is 8.84. The molecule has 0 unspecified atom stereocenters. The van der Waals surface area contributed by atoms with E-state index in [0.717, 1.165) is 0 Å². The molecule has 0 saturated heterocycles. The number of halogens is 1. The lowest BCUT2D eigenvalue weighted by molar-refractivity contribution is -0.147. The van der Waals surface area contributed by atoms with E-state index in [2.05, 4.69) is 5.32 Å². The third-order valence-electron chi connectivity index (χ3n) is 5.48. The van der Waals surface area contributed by atoms with Gasteiger partial charge in [0.25, 0.3) is 0 Å². The summed E-state index contributed by atoms with van der Waals surface area (Å²) in [6.45, 7) is 2.96. The summed E-state index contributed by atoms with van der Waals surface area (Å²) in [4.78, 5) is 61.5. The third kappa shape index (κ3) is 8.11. The van der Waals surface area contributed by atoms with Gasteiger partial charge in [-0.1, -0.05) is 41.9 Å². The zero-order valence-electron chi connectivity index (χ0n) is 20.8. The van der Waals surface area contributed by atoms with Crippen molar-refractivity contribution in [2.24, 2.45) is 0 Å². The third-order valence-corrected chi connectivity index (χ3v) is 5.73. The Bertz CT molecular complexity index is 1310. The first-order valence-corrected chi connectivity index (χ1v) is 12.2. The average Bonchev–Trinajstić information content (AvgIpc) is 2.92. The Morgan fingerprint density at radius 3 is 1.82 bits per heavy atom. The van der Waals surface area contributed by atoms with Crippen LogP contribution < -0.4 is 5.32 Å². The van der Waals surface area contributed by atoms with E-state index in [9.17, 15) is 24.0 Å². The number of hydrogen-bond donors (Lipinski definition) is 1. The maximum Gasteiger partial charge on any atom is 0.338 e. The number of benzene rings is 3. The highest BCUT2D eigenvalue weighted by Gasteiger charge is 2.21. The van der Waals surface area contributed by atoms with Crippen molar-refractivity contribution in [2.75, 3.05) is 5.32 Å². The summed E-state index contributed by atoms with van der Waals surface area (Å²) < 4.78 is 10.4. The van der Waals surface area contributed by atoms with Crippen LogP contribution in [-0.4, -0.2) is 41.6 Å². The molecule has 0 bridgehead atoms. The summed E-state index contributed by atoms with van der Waals surface area (Å²) in [5.41, 5.74) is 1.41. The Balaban J connectivity index is 1.43. The number of Topliss-reactive ketones (excluding diaryl/α,β-unsaturated/α-hetero) is 2. The molecule has 0 aliphatic rings. The molecule has 0 aromatic heterocycles. The molecule has 38 heavy (non-hydrogen) atoms. The number of anilines is 1. The lowest BCUT2D eigenvalue weighted by Crippen LogP contribution is -2.25. The lowest BCUT2D eigenvalue weighted by Gasteiger charge is -2.13. The number of carbonyl (C=O) groups is 5. The summed E-state index contributed by atoms with van der Waals surface area (Å²) in [5.74, 6) is -2.50. The first kappa shape index (κ1) is 28.3. The van der Waals surface area contributed by atoms with E-state index in [4.69, 9.17) is 21.1 Å². The number of nitrogens with one attached hydrogen (secondary N) is 1. The van der Waals surface area contributed by atoms with Crippen molar-refractivity contribution < 1.29 is 33.4 Å². The summed E-state index contributed by atoms with van der Waals surface area (Å²) >= 11 is 5.81. The van der Waals surface area contributed by atoms with Crippen LogP contribution in [0.4, 0.5) is 5.69 Å². The second-order valence-electron chi connectivity index (χ2n) is 8.41. The van der Waals surface area contributed by atoms with Crippen molar-refractivity contribution in [1.29, 1.82) is 0 Å². The van der Waals surface area contributed by atoms with Crippen LogP contribution in [0.5, 0.6) is 0 Å². The standard InChI is InChI=1S/C29H26ClNO7/c1-18(27(34)21-8-12-23(30)13-9-21)37-26(33)17-16-25(32)31-24-14-10-22(11-15-24)29(36)38-19(2)28(35)20-6-4-3-5-7-20/h3-15,18-19H,16-17H2,1-2H3,(H,31,32)/t18-,19-/m1/s1. The largest absolute Gasteiger partial charge is 0.454 e. The van der Waals surface area contributed by atoms with Crippen LogP contribution in [-0.2, 0) is 19.1 Å². The van der Waals surface area contributed by atoms with Crippen LogP contribution in [0.2, 0.25) is 5.02 Å². The lowest BCUT2D eigenvalue weighted by atomic mass is 10.1. The highest BCUT2D eigenvalue weighted by Crippen LogP contribution is 2.15. The van der Waals surface area contributed by atoms with Crippen LogP contribution in [0.15, 0.2) is 78.9 Å². The van der Waals surface area contributed by atoms with Crippen molar-refractivity contribution in [1.82, 2.24) is 0 Å². The van der Waals surface area contributed by atoms with Gasteiger partial charge in [0.15, 0.2) is 12.2 Å². The van der Waals surface area contributed by atoms with Gasteiger partial charge in [0.2, 0.25) is 17.5 Å². The second kappa shape index (κ2) is 13.3. The number of ether oxygens (including phenoxy) is 2. The molecule has 0 spiro atoms. The van der Waals surface area contributed by atoms with Gasteiger partial charge in [-0.2, -0.15) is 0 Å². The van der Waals surface area contributed by atoms with E-state index >= 15 is 0 Å². The molecule has 0 radical (unpaired) electrons. The average molecular weight is 536 g/mol. The van der Waals surface area contributed by atoms with Crippen molar-refractivity contribution in [3.63, 3.8) is 0 Å². The van der Waals surface area contributed by atoms with Gasteiger partial charge >= 0.3 is 11.9 Å². The molecule has 1 N–H and O–H groups in total. The van der Waals surface area contributed by atoms with Crippen LogP contribution in [0.25, 0.3) is 0 Å². The Kier molecular flexibility index (Phi) is 9.90. The van der Waals surface area contributed by atoms with Gasteiger partial charge < -0.3 is 14.8 Å². The molecule has 1 amide bonds. The number of amides is 1. The monoisotopic (exact) mass is 535 g/mol. The molecule has 3 aromatic carbocycles. The summed E-state index contributed by atoms with van der Waals surface area (Å²) in [6.07, 6.45) is -2.36. The molecule has 3 rings (SSSR count). The molecule has 0 heterocycles. The van der Waals surface area contributed by atoms with Gasteiger partial charge in [0, 0.05) is 28.3 Å². The summed E-state index contributed by atoms with van der Waals surface area (Å²) in [5, 5.41) is 3.10. The van der Waals surface area contributed by atoms with Gasteiger partial charge in [0.1, 0.15) is 0 Å². The van der Waals surface area contributed by atoms with E-state index in [0.29, 0.717) is 21.8 Å². The van der Waals surface area contributed by atoms with Crippen molar-refractivity contribution in [2.45, 2.75) is 38.9 Å². The fourth-order valence-electron chi connectivity index (χ4n) is 3.41. The van der Waals surface area contributed by atoms with Gasteiger partial charge in [-0.05, 0) is 62.4 Å². The van der Waals surface area contributed by atoms with Crippen molar-refractivity contribution >= 4 is 46.7 Å². The van der Waals surface area contributed by atoms with Gasteiger partial charge in [-0.25, -0.2) is 4.79 Å². The molecule has 9 heteroatoms. The maximum atomic E-state index is 12.4. The molecule has 0 fully saturated rings. The SMILES string of the molecule is C[C@@H](OC(=O)CCC(=O)Nc1ccc(C(=O)O[C@H](C)C(=O)c2ccccc2)cc1)C(=O)c1ccc(Cl)cc1. The van der Waals surface area contributed by atoms with Crippen LogP contribution in [0.3, 0.4) is 0 Å². The minimum absolute atomic E-state index is 0.163. The zero-order chi connectivity index (χ0) is 27.7. The quantitative estimate of drug-likeness (QED) is 0.261. The first-order valence-electron chi connectivity index (χ1n) is 11.8. The minimum atomic E-state index is -1.01. The van der Waals surface area contributed by atoms with Crippen molar-refractivity contribution in [3.05, 3.63) is 101 Å². The molecular weight excluding hydrogens is 510 g/mol. The fraction of sp³-hybridized carbons (Fsp3) is 0.207. The fourth-order valence-corrected chi connectivity index (χ4v) is 3.53. The number of hydrogen-bond acceptors (Lipinski definition) is 7. The number of rotatable bonds is 11. The molecule has 0 aliphatic carbocycles. The van der Waals surface area contributed by atoms with E-state index in [1.165, 1.54) is 50.2 Å². The normalized spacial score (nSPS) is 12.1. The number of ketones is 2. The molecule has 196 valence electrons. The van der Waals surface area contributed by atoms with Crippen LogP contribution >= 0.6 is 11.6 Å². The summed E-state index contributed by atoms with van der Waals surface area (Å²) in [7, 11) is 0. The number of carbonyl (C=O) groups excluding carboxylic acids is 5. The predicted octanol–water partition coefficient (Wildman–Crippen LogP) is 5.30. The summed E-state index contributed by atoms with van der Waals surface area (Å²) in [6, 6.07) is 20.6. The molecule has 0 saturated carbocycles. The molecule has 2 atom stereocenters. The van der Waals surface area contributed by atoms with Crippen LogP contribution in [0.1, 0.15) is 57.8 Å². The highest BCUT2D eigenvalue weighted by atomic mass is 35.5. The van der Waals surface area contributed by atoms with Gasteiger partial charge in [-0.15, -0.1) is 0 Å². The van der Waals surface area contributed by atoms with Gasteiger partial charge in [-0.3, -0.25) is 19.2 Å². The van der Waals surface area contributed by atoms with E-state index in [1.54, 1.807) is 42.5 Å². The first-order chi connectivity index (χ1) is 18.1. The highest BCUT2D eigenvalue weighted by molar-refractivity contribution is 6.30. The topological polar surface area (TPSA) is 116 Å². The Hall–Kier alpha value is -4.30. The van der Waals surface area contributed by atoms with E-state index in [1.807, 2.05) is 0 Å². The Labute approximate surface area is 224 Å². The van der Waals surface area contributed by atoms with Crippen molar-refractivity contribution in [3.8, 4) is 0 Å². The predicted molar refractivity (Wildman–Crippen MR) is 141 cm³/mol. The Morgan fingerprint density at radius 1 is 0.684 bits per heavy atom. The van der Waals surface area contributed by atoms with E-state index in [-0.39, 0.29) is 30.0 Å². The maximum absolute atomic E-state index is 12.4. The number of esters is 2. The molecule has 8 nitrogen and oxygen atoms in total. The molecule has 3 aromatic rings. The Morgan fingerprint density at radius 2 is 1.21 bits per heavy atom. The molecule has 0 aliphatic heterocycles. The zero-order valence-corrected chi connectivity index (χ0v) is 21.6. The van der Waals surface area contributed by atoms with Crippen LogP contribution in [0, 0.1) is 0 Å². The van der Waals surface area contributed by atoms with Gasteiger partial charge in [0.05, 0.1) is 12.0 Å². The minimum Gasteiger partial charge on any atom is -0.454 e. The molecular formula is C29H26ClNO7.